The lowest BCUT2D eigenvalue weighted by Crippen LogP contribution is -2.38. The van der Waals surface area contributed by atoms with Crippen LogP contribution < -0.4 is 10.6 Å². The van der Waals surface area contributed by atoms with E-state index in [1.54, 1.807) is 20.8 Å². The molecule has 2 amide bonds. The number of hydrogen-bond donors (Lipinski definition) is 3. The molecule has 0 bridgehead atoms. The van der Waals surface area contributed by atoms with Crippen molar-refractivity contribution in [2.45, 2.75) is 51.7 Å². The number of para-hydroxylation sites is 1. The van der Waals surface area contributed by atoms with Gasteiger partial charge in [-0.25, -0.2) is 4.79 Å². The number of rotatable bonds is 4. The Bertz CT molecular complexity index is 789. The van der Waals surface area contributed by atoms with E-state index < -0.39 is 11.7 Å². The van der Waals surface area contributed by atoms with E-state index >= 15 is 0 Å². The molecule has 0 spiro atoms. The zero-order chi connectivity index (χ0) is 18.0. The zero-order valence-electron chi connectivity index (χ0n) is 14.9. The van der Waals surface area contributed by atoms with E-state index in [9.17, 15) is 9.59 Å². The van der Waals surface area contributed by atoms with Gasteiger partial charge in [-0.2, -0.15) is 0 Å². The molecule has 0 fully saturated rings. The van der Waals surface area contributed by atoms with Crippen LogP contribution in [0.1, 0.15) is 38.4 Å². The lowest BCUT2D eigenvalue weighted by atomic mass is 10.1. The molecule has 6 nitrogen and oxygen atoms in total. The molecule has 0 aliphatic heterocycles. The van der Waals surface area contributed by atoms with Gasteiger partial charge in [0.25, 0.3) is 0 Å². The predicted octanol–water partition coefficient (Wildman–Crippen LogP) is 2.67. The largest absolute Gasteiger partial charge is 0.444 e. The normalized spacial score (nSPS) is 16.5. The summed E-state index contributed by atoms with van der Waals surface area (Å²) in [6, 6.07) is 8.35. The number of H-pyrrole nitrogens is 1. The van der Waals surface area contributed by atoms with Gasteiger partial charge >= 0.3 is 6.09 Å². The first kappa shape index (κ1) is 17.3. The number of alkyl carbamates (subject to hydrolysis) is 1. The minimum absolute atomic E-state index is 0.0597. The standard InChI is InChI=1S/C19H25N3O3/c1-19(2,3)25-18(24)20-9-8-17(23)21-12-10-14-13-6-4-5-7-15(13)22-16(14)11-12/h4-7,12,22H,8-11H2,1-3H3,(H,20,24)(H,21,23). The topological polar surface area (TPSA) is 83.2 Å². The van der Waals surface area contributed by atoms with E-state index in [1.807, 2.05) is 12.1 Å². The fraction of sp³-hybridized carbons (Fsp3) is 0.474. The summed E-state index contributed by atoms with van der Waals surface area (Å²) in [4.78, 5) is 27.1. The molecule has 0 saturated carbocycles. The highest BCUT2D eigenvalue weighted by atomic mass is 16.6. The summed E-state index contributed by atoms with van der Waals surface area (Å²) in [6.45, 7) is 5.68. The van der Waals surface area contributed by atoms with Crippen molar-refractivity contribution in [3.8, 4) is 0 Å². The molecule has 25 heavy (non-hydrogen) atoms. The SMILES string of the molecule is CC(C)(C)OC(=O)NCCC(=O)NC1Cc2[nH]c3ccccc3c2C1. The van der Waals surface area contributed by atoms with Crippen molar-refractivity contribution < 1.29 is 14.3 Å². The minimum Gasteiger partial charge on any atom is -0.444 e. The van der Waals surface area contributed by atoms with Crippen molar-refractivity contribution in [1.82, 2.24) is 15.6 Å². The summed E-state index contributed by atoms with van der Waals surface area (Å²) >= 11 is 0. The lowest BCUT2D eigenvalue weighted by Gasteiger charge is -2.19. The second kappa shape index (κ2) is 6.78. The number of amides is 2. The van der Waals surface area contributed by atoms with Gasteiger partial charge < -0.3 is 20.4 Å². The molecule has 3 rings (SSSR count). The number of aromatic nitrogens is 1. The van der Waals surface area contributed by atoms with Gasteiger partial charge in [0, 0.05) is 42.0 Å². The van der Waals surface area contributed by atoms with Gasteiger partial charge in [0.2, 0.25) is 5.91 Å². The van der Waals surface area contributed by atoms with E-state index in [0.717, 1.165) is 18.4 Å². The first-order valence-electron chi connectivity index (χ1n) is 8.66. The summed E-state index contributed by atoms with van der Waals surface area (Å²) in [5.41, 5.74) is 3.12. The van der Waals surface area contributed by atoms with Gasteiger partial charge in [0.1, 0.15) is 5.60 Å². The molecule has 0 radical (unpaired) electrons. The van der Waals surface area contributed by atoms with Crippen molar-refractivity contribution in [2.75, 3.05) is 6.54 Å². The van der Waals surface area contributed by atoms with Crippen LogP contribution in [0.25, 0.3) is 10.9 Å². The second-order valence-corrected chi connectivity index (χ2v) is 7.48. The van der Waals surface area contributed by atoms with E-state index in [-0.39, 0.29) is 24.9 Å². The molecule has 1 aliphatic rings. The maximum Gasteiger partial charge on any atom is 0.407 e. The van der Waals surface area contributed by atoms with Crippen LogP contribution in [-0.4, -0.2) is 35.2 Å². The monoisotopic (exact) mass is 343 g/mol. The van der Waals surface area contributed by atoms with E-state index in [2.05, 4.69) is 27.8 Å². The predicted molar refractivity (Wildman–Crippen MR) is 96.5 cm³/mol. The van der Waals surface area contributed by atoms with Crippen LogP contribution in [0.2, 0.25) is 0 Å². The molecule has 0 saturated heterocycles. The lowest BCUT2D eigenvalue weighted by molar-refractivity contribution is -0.121. The number of benzene rings is 1. The second-order valence-electron chi connectivity index (χ2n) is 7.48. The number of fused-ring (bicyclic) bond motifs is 3. The summed E-state index contributed by atoms with van der Waals surface area (Å²) in [6.07, 6.45) is 1.40. The summed E-state index contributed by atoms with van der Waals surface area (Å²) in [5.74, 6) is -0.0597. The summed E-state index contributed by atoms with van der Waals surface area (Å²) in [5, 5.41) is 6.89. The number of nitrogens with one attached hydrogen (secondary N) is 3. The highest BCUT2D eigenvalue weighted by Crippen LogP contribution is 2.29. The molecule has 134 valence electrons. The van der Waals surface area contributed by atoms with Crippen LogP contribution in [-0.2, 0) is 22.4 Å². The molecular weight excluding hydrogens is 318 g/mol. The third kappa shape index (κ3) is 4.32. The van der Waals surface area contributed by atoms with Crippen molar-refractivity contribution in [3.63, 3.8) is 0 Å². The van der Waals surface area contributed by atoms with Gasteiger partial charge in [-0.3, -0.25) is 4.79 Å². The Labute approximate surface area is 147 Å². The number of hydrogen-bond acceptors (Lipinski definition) is 3. The minimum atomic E-state index is -0.536. The highest BCUT2D eigenvalue weighted by Gasteiger charge is 2.26. The van der Waals surface area contributed by atoms with Crippen molar-refractivity contribution in [1.29, 1.82) is 0 Å². The molecule has 1 aromatic heterocycles. The Morgan fingerprint density at radius 1 is 1.24 bits per heavy atom. The maximum absolute atomic E-state index is 12.1. The van der Waals surface area contributed by atoms with Gasteiger partial charge in [0.15, 0.2) is 0 Å². The van der Waals surface area contributed by atoms with Crippen molar-refractivity contribution in [2.24, 2.45) is 0 Å². The van der Waals surface area contributed by atoms with Gasteiger partial charge in [-0.1, -0.05) is 18.2 Å². The Morgan fingerprint density at radius 2 is 2.00 bits per heavy atom. The zero-order valence-corrected chi connectivity index (χ0v) is 14.9. The van der Waals surface area contributed by atoms with Gasteiger partial charge in [-0.15, -0.1) is 0 Å². The van der Waals surface area contributed by atoms with E-state index in [4.69, 9.17) is 4.74 Å². The molecule has 6 heteroatoms. The first-order chi connectivity index (χ1) is 11.8. The van der Waals surface area contributed by atoms with E-state index in [1.165, 1.54) is 16.6 Å². The molecule has 1 atom stereocenters. The Hall–Kier alpha value is -2.50. The van der Waals surface area contributed by atoms with Crippen LogP contribution in [0.4, 0.5) is 4.79 Å². The number of carbonyl (C=O) groups excluding carboxylic acids is 2. The molecule has 1 aromatic carbocycles. The number of carbonyl (C=O) groups is 2. The van der Waals surface area contributed by atoms with Crippen LogP contribution in [0, 0.1) is 0 Å². The highest BCUT2D eigenvalue weighted by molar-refractivity contribution is 5.85. The van der Waals surface area contributed by atoms with Crippen molar-refractivity contribution >= 4 is 22.9 Å². The Kier molecular flexibility index (Phi) is 4.70. The van der Waals surface area contributed by atoms with Crippen LogP contribution >= 0.6 is 0 Å². The third-order valence-corrected chi connectivity index (χ3v) is 4.19. The fourth-order valence-electron chi connectivity index (χ4n) is 3.22. The Morgan fingerprint density at radius 3 is 2.76 bits per heavy atom. The summed E-state index contributed by atoms with van der Waals surface area (Å²) < 4.78 is 5.14. The quantitative estimate of drug-likeness (QED) is 0.798. The van der Waals surface area contributed by atoms with Gasteiger partial charge in [-0.05, 0) is 38.8 Å². The average Bonchev–Trinajstić information content (AvgIpc) is 3.02. The average molecular weight is 343 g/mol. The Balaban J connectivity index is 1.44. The third-order valence-electron chi connectivity index (χ3n) is 4.19. The van der Waals surface area contributed by atoms with Gasteiger partial charge in [0.05, 0.1) is 0 Å². The van der Waals surface area contributed by atoms with Crippen LogP contribution in [0.5, 0.6) is 0 Å². The molecule has 1 heterocycles. The summed E-state index contributed by atoms with van der Waals surface area (Å²) in [7, 11) is 0. The first-order valence-corrected chi connectivity index (χ1v) is 8.66. The smallest absolute Gasteiger partial charge is 0.407 e. The number of ether oxygens (including phenoxy) is 1. The molecular formula is C19H25N3O3. The number of aromatic amines is 1. The van der Waals surface area contributed by atoms with Crippen LogP contribution in [0.15, 0.2) is 24.3 Å². The molecule has 1 aliphatic carbocycles. The maximum atomic E-state index is 12.1. The molecule has 1 unspecified atom stereocenters. The van der Waals surface area contributed by atoms with Crippen molar-refractivity contribution in [3.05, 3.63) is 35.5 Å². The van der Waals surface area contributed by atoms with Crippen LogP contribution in [0.3, 0.4) is 0 Å². The molecule has 2 aromatic rings. The van der Waals surface area contributed by atoms with E-state index in [0.29, 0.717) is 0 Å². The fourth-order valence-corrected chi connectivity index (χ4v) is 3.22. The molecule has 3 N–H and O–H groups in total.